The van der Waals surface area contributed by atoms with Gasteiger partial charge in [0.2, 0.25) is 11.9 Å². The first-order chi connectivity index (χ1) is 17.1. The maximum atomic E-state index is 14.8. The number of unbranched alkanes of at least 4 members (excludes halogenated alkanes) is 1. The lowest BCUT2D eigenvalue weighted by molar-refractivity contribution is -0.134. The molecule has 0 aliphatic carbocycles. The van der Waals surface area contributed by atoms with Gasteiger partial charge in [0.25, 0.3) is 5.56 Å². The van der Waals surface area contributed by atoms with E-state index < -0.39 is 17.1 Å². The summed E-state index contributed by atoms with van der Waals surface area (Å²) in [6.45, 7) is 3.78. The highest BCUT2D eigenvalue weighted by Gasteiger charge is 2.31. The summed E-state index contributed by atoms with van der Waals surface area (Å²) < 4.78 is 18.7. The number of hydrogen-bond donors (Lipinski definition) is 0. The molecule has 36 heavy (non-hydrogen) atoms. The second kappa shape index (κ2) is 10.5. The summed E-state index contributed by atoms with van der Waals surface area (Å²) >= 11 is 6.33. The summed E-state index contributed by atoms with van der Waals surface area (Å²) in [6, 6.07) is 4.43. The average molecular weight is 519 g/mol. The molecule has 1 unspecified atom stereocenters. The minimum Gasteiger partial charge on any atom is -0.345 e. The van der Waals surface area contributed by atoms with Crippen LogP contribution in [0.5, 0.6) is 0 Å². The molecular weight excluding hydrogens is 487 g/mol. The first-order valence-electron chi connectivity index (χ1n) is 12.2. The molecule has 1 saturated heterocycles. The molecule has 1 fully saturated rings. The molecule has 9 nitrogen and oxygen atoms in total. The highest BCUT2D eigenvalue weighted by atomic mass is 35.5. The second-order valence-electron chi connectivity index (χ2n) is 9.47. The molecule has 1 aromatic carbocycles. The maximum Gasteiger partial charge on any atom is 0.332 e. The van der Waals surface area contributed by atoms with Crippen molar-refractivity contribution in [1.29, 1.82) is 0 Å². The molecule has 0 radical (unpaired) electrons. The van der Waals surface area contributed by atoms with Gasteiger partial charge in [0.15, 0.2) is 11.2 Å². The quantitative estimate of drug-likeness (QED) is 0.480. The number of imidazole rings is 1. The van der Waals surface area contributed by atoms with E-state index in [1.54, 1.807) is 22.6 Å². The van der Waals surface area contributed by atoms with Gasteiger partial charge in [-0.25, -0.2) is 9.18 Å². The van der Waals surface area contributed by atoms with Crippen LogP contribution in [-0.2, 0) is 25.4 Å². The van der Waals surface area contributed by atoms with Crippen molar-refractivity contribution in [3.05, 3.63) is 55.4 Å². The van der Waals surface area contributed by atoms with Crippen LogP contribution in [0, 0.1) is 11.7 Å². The van der Waals surface area contributed by atoms with E-state index in [-0.39, 0.29) is 40.1 Å². The maximum absolute atomic E-state index is 14.8. The zero-order chi connectivity index (χ0) is 26.1. The molecule has 1 amide bonds. The summed E-state index contributed by atoms with van der Waals surface area (Å²) in [7, 11) is 4.78. The monoisotopic (exact) mass is 518 g/mol. The molecule has 11 heteroatoms. The van der Waals surface area contributed by atoms with Crippen molar-refractivity contribution in [3.63, 3.8) is 0 Å². The number of amides is 1. The lowest BCUT2D eigenvalue weighted by atomic mass is 9.96. The number of piperidine rings is 1. The molecule has 0 bridgehead atoms. The molecule has 0 N–H and O–H groups in total. The largest absolute Gasteiger partial charge is 0.345 e. The Bertz CT molecular complexity index is 1390. The SMILES string of the molecule is CCCCN(C)C(=O)C1CCCN(c2nc3c(c(=O)n(C)c(=O)n3C)n2Cc2c(F)cccc2Cl)C1. The van der Waals surface area contributed by atoms with Crippen molar-refractivity contribution < 1.29 is 9.18 Å². The van der Waals surface area contributed by atoms with Gasteiger partial charge in [-0.15, -0.1) is 0 Å². The normalized spacial score (nSPS) is 16.1. The molecular formula is C25H32ClFN6O3. The van der Waals surface area contributed by atoms with E-state index in [4.69, 9.17) is 16.6 Å². The number of fused-ring (bicyclic) bond motifs is 1. The summed E-state index contributed by atoms with van der Waals surface area (Å²) in [5, 5.41) is 0.230. The Morgan fingerprint density at radius 1 is 1.25 bits per heavy atom. The number of hydrogen-bond acceptors (Lipinski definition) is 5. The molecule has 3 aromatic rings. The number of aryl methyl sites for hydroxylation is 1. The minimum atomic E-state index is -0.525. The summed E-state index contributed by atoms with van der Waals surface area (Å²) in [5.74, 6) is -0.230. The van der Waals surface area contributed by atoms with E-state index in [1.807, 2.05) is 11.9 Å². The van der Waals surface area contributed by atoms with Gasteiger partial charge >= 0.3 is 5.69 Å². The van der Waals surface area contributed by atoms with Crippen molar-refractivity contribution in [3.8, 4) is 0 Å². The standard InChI is InChI=1S/C25H32ClFN6O3/c1-5-6-12-29(2)22(34)16-9-8-13-32(14-16)24-28-21-20(23(35)31(4)25(36)30(21)3)33(24)15-17-18(26)10-7-11-19(17)27/h7,10-11,16H,5-6,8-9,12-15H2,1-4H3. The smallest absolute Gasteiger partial charge is 0.332 e. The van der Waals surface area contributed by atoms with Gasteiger partial charge in [0.1, 0.15) is 5.82 Å². The Hall–Kier alpha value is -3.14. The zero-order valence-corrected chi connectivity index (χ0v) is 21.9. The number of rotatable bonds is 7. The Labute approximate surface area is 213 Å². The number of anilines is 1. The zero-order valence-electron chi connectivity index (χ0n) is 21.1. The van der Waals surface area contributed by atoms with Crippen LogP contribution in [0.4, 0.5) is 10.3 Å². The lowest BCUT2D eigenvalue weighted by Crippen LogP contribution is -2.44. The third-order valence-corrected chi connectivity index (χ3v) is 7.34. The average Bonchev–Trinajstić information content (AvgIpc) is 3.26. The number of carbonyl (C=O) groups excluding carboxylic acids is 1. The van der Waals surface area contributed by atoms with Crippen LogP contribution in [0.15, 0.2) is 27.8 Å². The van der Waals surface area contributed by atoms with Gasteiger partial charge in [0, 0.05) is 51.4 Å². The summed E-state index contributed by atoms with van der Waals surface area (Å²) in [4.78, 5) is 47.4. The minimum absolute atomic E-state index is 0.0453. The fourth-order valence-electron chi connectivity index (χ4n) is 4.85. The number of carbonyl (C=O) groups is 1. The fourth-order valence-corrected chi connectivity index (χ4v) is 5.07. The highest BCUT2D eigenvalue weighted by molar-refractivity contribution is 6.31. The lowest BCUT2D eigenvalue weighted by Gasteiger charge is -2.34. The van der Waals surface area contributed by atoms with Crippen LogP contribution in [0.2, 0.25) is 5.02 Å². The second-order valence-corrected chi connectivity index (χ2v) is 9.88. The number of nitrogens with zero attached hydrogens (tertiary/aromatic N) is 6. The van der Waals surface area contributed by atoms with E-state index in [1.165, 1.54) is 23.7 Å². The molecule has 194 valence electrons. The van der Waals surface area contributed by atoms with E-state index in [2.05, 4.69) is 6.92 Å². The highest BCUT2D eigenvalue weighted by Crippen LogP contribution is 2.29. The Kier molecular flexibility index (Phi) is 7.54. The van der Waals surface area contributed by atoms with Crippen LogP contribution in [0.3, 0.4) is 0 Å². The number of aromatic nitrogens is 4. The van der Waals surface area contributed by atoms with Crippen molar-refractivity contribution in [2.45, 2.75) is 39.2 Å². The Morgan fingerprint density at radius 3 is 2.69 bits per heavy atom. The van der Waals surface area contributed by atoms with Crippen LogP contribution in [-0.4, -0.2) is 56.2 Å². The molecule has 0 spiro atoms. The number of benzene rings is 1. The van der Waals surface area contributed by atoms with E-state index in [0.29, 0.717) is 25.6 Å². The van der Waals surface area contributed by atoms with Crippen molar-refractivity contribution in [1.82, 2.24) is 23.6 Å². The first-order valence-corrected chi connectivity index (χ1v) is 12.6. The van der Waals surface area contributed by atoms with Crippen molar-refractivity contribution >= 4 is 34.6 Å². The Balaban J connectivity index is 1.82. The van der Waals surface area contributed by atoms with E-state index in [9.17, 15) is 18.8 Å². The molecule has 1 aliphatic rings. The predicted molar refractivity (Wildman–Crippen MR) is 138 cm³/mol. The molecule has 3 heterocycles. The molecule has 4 rings (SSSR count). The van der Waals surface area contributed by atoms with Gasteiger partial charge < -0.3 is 9.80 Å². The summed E-state index contributed by atoms with van der Waals surface area (Å²) in [5.41, 5.74) is -0.416. The van der Waals surface area contributed by atoms with Crippen LogP contribution in [0.25, 0.3) is 11.2 Å². The summed E-state index contributed by atoms with van der Waals surface area (Å²) in [6.07, 6.45) is 3.46. The third kappa shape index (κ3) is 4.66. The molecule has 1 aliphatic heterocycles. The van der Waals surface area contributed by atoms with E-state index in [0.717, 1.165) is 30.3 Å². The Morgan fingerprint density at radius 2 is 2.00 bits per heavy atom. The van der Waals surface area contributed by atoms with Crippen molar-refractivity contribution in [2.75, 3.05) is 31.6 Å². The predicted octanol–water partition coefficient (Wildman–Crippen LogP) is 2.75. The van der Waals surface area contributed by atoms with Gasteiger partial charge in [-0.3, -0.25) is 23.3 Å². The van der Waals surface area contributed by atoms with E-state index >= 15 is 0 Å². The van der Waals surface area contributed by atoms with Crippen LogP contribution in [0.1, 0.15) is 38.2 Å². The van der Waals surface area contributed by atoms with Gasteiger partial charge in [-0.1, -0.05) is 31.0 Å². The fraction of sp³-hybridized carbons (Fsp3) is 0.520. The topological polar surface area (TPSA) is 85.4 Å². The molecule has 2 aromatic heterocycles. The van der Waals surface area contributed by atoms with Gasteiger partial charge in [-0.2, -0.15) is 4.98 Å². The van der Waals surface area contributed by atoms with Crippen LogP contribution < -0.4 is 16.1 Å². The first kappa shape index (κ1) is 25.9. The van der Waals surface area contributed by atoms with Gasteiger partial charge in [0.05, 0.1) is 12.5 Å². The third-order valence-electron chi connectivity index (χ3n) is 6.98. The van der Waals surface area contributed by atoms with Crippen LogP contribution >= 0.6 is 11.6 Å². The molecule has 0 saturated carbocycles. The van der Waals surface area contributed by atoms with Crippen molar-refractivity contribution in [2.24, 2.45) is 20.0 Å². The number of halogens is 2. The van der Waals surface area contributed by atoms with Gasteiger partial charge in [-0.05, 0) is 31.4 Å². The molecule has 1 atom stereocenters.